The zero-order valence-electron chi connectivity index (χ0n) is 10.5. The van der Waals surface area contributed by atoms with Crippen LogP contribution in [0, 0.1) is 0 Å². The van der Waals surface area contributed by atoms with Gasteiger partial charge in [0.2, 0.25) is 0 Å². The number of amides is 1. The molecule has 0 bridgehead atoms. The maximum Gasteiger partial charge on any atom is 0.257 e. The van der Waals surface area contributed by atoms with E-state index in [1.807, 2.05) is 44.2 Å². The van der Waals surface area contributed by atoms with Crippen molar-refractivity contribution < 1.29 is 9.32 Å². The summed E-state index contributed by atoms with van der Waals surface area (Å²) < 4.78 is 5.18. The average Bonchev–Trinajstić information content (AvgIpc) is 2.88. The van der Waals surface area contributed by atoms with Gasteiger partial charge in [0.25, 0.3) is 5.91 Å². The largest absolute Gasteiger partial charge is 0.355 e. The van der Waals surface area contributed by atoms with Gasteiger partial charge in [-0.3, -0.25) is 4.79 Å². The third kappa shape index (κ3) is 2.59. The highest BCUT2D eigenvalue weighted by Gasteiger charge is 2.18. The average molecular weight is 244 g/mol. The molecule has 1 N–H and O–H groups in total. The van der Waals surface area contributed by atoms with Gasteiger partial charge in [0.15, 0.2) is 5.76 Å². The van der Waals surface area contributed by atoms with E-state index in [9.17, 15) is 4.79 Å². The molecule has 1 atom stereocenters. The van der Waals surface area contributed by atoms with Crippen LogP contribution >= 0.6 is 0 Å². The predicted molar refractivity (Wildman–Crippen MR) is 69.2 cm³/mol. The SMILES string of the molecule is CCC(C)NC(=O)c1cnoc1-c1ccccc1. The Bertz CT molecular complexity index is 520. The molecule has 0 spiro atoms. The molecule has 1 unspecified atom stereocenters. The van der Waals surface area contributed by atoms with Gasteiger partial charge in [-0.15, -0.1) is 0 Å². The van der Waals surface area contributed by atoms with Crippen molar-refractivity contribution in [2.24, 2.45) is 0 Å². The van der Waals surface area contributed by atoms with Crippen LogP contribution in [-0.2, 0) is 0 Å². The molecule has 18 heavy (non-hydrogen) atoms. The van der Waals surface area contributed by atoms with Crippen LogP contribution in [0.2, 0.25) is 0 Å². The smallest absolute Gasteiger partial charge is 0.257 e. The first-order valence-electron chi connectivity index (χ1n) is 6.03. The second-order valence-corrected chi connectivity index (χ2v) is 4.22. The molecular formula is C14H16N2O2. The van der Waals surface area contributed by atoms with Gasteiger partial charge in [-0.2, -0.15) is 0 Å². The summed E-state index contributed by atoms with van der Waals surface area (Å²) in [5.41, 5.74) is 1.32. The van der Waals surface area contributed by atoms with E-state index >= 15 is 0 Å². The van der Waals surface area contributed by atoms with Crippen LogP contribution in [0.5, 0.6) is 0 Å². The van der Waals surface area contributed by atoms with Gasteiger partial charge >= 0.3 is 0 Å². The standard InChI is InChI=1S/C14H16N2O2/c1-3-10(2)16-14(17)12-9-15-18-13(12)11-7-5-4-6-8-11/h4-10H,3H2,1-2H3,(H,16,17). The molecule has 4 nitrogen and oxygen atoms in total. The van der Waals surface area contributed by atoms with E-state index in [0.717, 1.165) is 12.0 Å². The van der Waals surface area contributed by atoms with E-state index in [-0.39, 0.29) is 11.9 Å². The van der Waals surface area contributed by atoms with Crippen molar-refractivity contribution >= 4 is 5.91 Å². The molecule has 94 valence electrons. The van der Waals surface area contributed by atoms with E-state index in [4.69, 9.17) is 4.52 Å². The summed E-state index contributed by atoms with van der Waals surface area (Å²) in [7, 11) is 0. The van der Waals surface area contributed by atoms with Crippen LogP contribution < -0.4 is 5.32 Å². The summed E-state index contributed by atoms with van der Waals surface area (Å²) in [5.74, 6) is 0.362. The number of hydrogen-bond donors (Lipinski definition) is 1. The highest BCUT2D eigenvalue weighted by molar-refractivity contribution is 5.99. The topological polar surface area (TPSA) is 55.1 Å². The molecule has 2 aromatic rings. The lowest BCUT2D eigenvalue weighted by atomic mass is 10.1. The molecule has 0 saturated carbocycles. The van der Waals surface area contributed by atoms with Crippen molar-refractivity contribution in [3.8, 4) is 11.3 Å². The molecule has 4 heteroatoms. The van der Waals surface area contributed by atoms with Gasteiger partial charge in [-0.25, -0.2) is 0 Å². The zero-order valence-corrected chi connectivity index (χ0v) is 10.5. The molecule has 0 aliphatic carbocycles. The Hall–Kier alpha value is -2.10. The van der Waals surface area contributed by atoms with E-state index in [2.05, 4.69) is 10.5 Å². The molecule has 1 aromatic carbocycles. The lowest BCUT2D eigenvalue weighted by molar-refractivity contribution is 0.0939. The Labute approximate surface area is 106 Å². The number of nitrogens with zero attached hydrogens (tertiary/aromatic N) is 1. The van der Waals surface area contributed by atoms with Crippen molar-refractivity contribution in [2.75, 3.05) is 0 Å². The second kappa shape index (κ2) is 5.49. The Morgan fingerprint density at radius 3 is 2.78 bits per heavy atom. The fourth-order valence-electron chi connectivity index (χ4n) is 1.60. The quantitative estimate of drug-likeness (QED) is 0.899. The molecule has 0 fully saturated rings. The highest BCUT2D eigenvalue weighted by Crippen LogP contribution is 2.23. The first-order chi connectivity index (χ1) is 8.72. The number of aromatic nitrogens is 1. The number of hydrogen-bond acceptors (Lipinski definition) is 3. The monoisotopic (exact) mass is 244 g/mol. The lowest BCUT2D eigenvalue weighted by Gasteiger charge is -2.10. The number of carbonyl (C=O) groups is 1. The third-order valence-corrected chi connectivity index (χ3v) is 2.84. The summed E-state index contributed by atoms with van der Waals surface area (Å²) >= 11 is 0. The molecule has 2 rings (SSSR count). The van der Waals surface area contributed by atoms with Gasteiger partial charge in [0.1, 0.15) is 5.56 Å². The van der Waals surface area contributed by atoms with Crippen molar-refractivity contribution in [3.05, 3.63) is 42.1 Å². The van der Waals surface area contributed by atoms with Crippen molar-refractivity contribution in [1.29, 1.82) is 0 Å². The van der Waals surface area contributed by atoms with E-state index in [1.165, 1.54) is 6.20 Å². The van der Waals surface area contributed by atoms with Crippen molar-refractivity contribution in [2.45, 2.75) is 26.3 Å². The molecule has 0 saturated heterocycles. The van der Waals surface area contributed by atoms with E-state index in [1.54, 1.807) is 0 Å². The normalized spacial score (nSPS) is 12.1. The fourth-order valence-corrected chi connectivity index (χ4v) is 1.60. The maximum absolute atomic E-state index is 12.1. The summed E-state index contributed by atoms with van der Waals surface area (Å²) in [6.45, 7) is 3.99. The number of rotatable bonds is 4. The molecule has 1 heterocycles. The Morgan fingerprint density at radius 2 is 2.11 bits per heavy atom. The van der Waals surface area contributed by atoms with Crippen LogP contribution in [-0.4, -0.2) is 17.1 Å². The summed E-state index contributed by atoms with van der Waals surface area (Å²) in [4.78, 5) is 12.1. The zero-order chi connectivity index (χ0) is 13.0. The Kier molecular flexibility index (Phi) is 3.77. The first-order valence-corrected chi connectivity index (χ1v) is 6.03. The number of carbonyl (C=O) groups excluding carboxylic acids is 1. The van der Waals surface area contributed by atoms with Gasteiger partial charge in [-0.05, 0) is 13.3 Å². The van der Waals surface area contributed by atoms with Crippen LogP contribution in [0.15, 0.2) is 41.1 Å². The van der Waals surface area contributed by atoms with Gasteiger partial charge < -0.3 is 9.84 Å². The van der Waals surface area contributed by atoms with Crippen LogP contribution in [0.25, 0.3) is 11.3 Å². The minimum atomic E-state index is -0.149. The van der Waals surface area contributed by atoms with Crippen LogP contribution in [0.4, 0.5) is 0 Å². The summed E-state index contributed by atoms with van der Waals surface area (Å²) in [6, 6.07) is 9.62. The van der Waals surface area contributed by atoms with Crippen molar-refractivity contribution in [1.82, 2.24) is 10.5 Å². The molecule has 0 radical (unpaired) electrons. The second-order valence-electron chi connectivity index (χ2n) is 4.22. The van der Waals surface area contributed by atoms with Crippen LogP contribution in [0.3, 0.4) is 0 Å². The van der Waals surface area contributed by atoms with Gasteiger partial charge in [-0.1, -0.05) is 42.4 Å². The lowest BCUT2D eigenvalue weighted by Crippen LogP contribution is -2.31. The fraction of sp³-hybridized carbons (Fsp3) is 0.286. The third-order valence-electron chi connectivity index (χ3n) is 2.84. The number of benzene rings is 1. The Balaban J connectivity index is 2.26. The van der Waals surface area contributed by atoms with Gasteiger partial charge in [0, 0.05) is 11.6 Å². The maximum atomic E-state index is 12.1. The summed E-state index contributed by atoms with van der Waals surface area (Å²) in [6.07, 6.45) is 2.34. The Morgan fingerprint density at radius 1 is 1.39 bits per heavy atom. The minimum absolute atomic E-state index is 0.135. The van der Waals surface area contributed by atoms with Crippen LogP contribution in [0.1, 0.15) is 30.6 Å². The highest BCUT2D eigenvalue weighted by atomic mass is 16.5. The number of nitrogens with one attached hydrogen (secondary N) is 1. The van der Waals surface area contributed by atoms with E-state index < -0.39 is 0 Å². The molecule has 0 aliphatic rings. The summed E-state index contributed by atoms with van der Waals surface area (Å²) in [5, 5.41) is 6.62. The van der Waals surface area contributed by atoms with E-state index in [0.29, 0.717) is 11.3 Å². The molecule has 0 aliphatic heterocycles. The molecule has 1 amide bonds. The predicted octanol–water partition coefficient (Wildman–Crippen LogP) is 2.87. The molecule has 1 aromatic heterocycles. The minimum Gasteiger partial charge on any atom is -0.355 e. The first kappa shape index (κ1) is 12.4. The van der Waals surface area contributed by atoms with Gasteiger partial charge in [0.05, 0.1) is 6.20 Å². The van der Waals surface area contributed by atoms with Crippen molar-refractivity contribution in [3.63, 3.8) is 0 Å². The molecular weight excluding hydrogens is 228 g/mol.